The highest BCUT2D eigenvalue weighted by Gasteiger charge is 2.60. The molecule has 5 rings (SSSR count). The standard InChI is InChI=1S/C28H33NO6/c1-33-22-13-12-19(18-10-7-11-20-21(18)16-29-26(20)30)23(24(22)34-2)35-25(28(14-15-28)27(31)32)17-8-5-3-4-6-9-17/h7,10-13,17,25H,3-6,8-9,14-16H2,1-2H3,(H,29,30)(H,31,32). The number of carboxylic acid groups (broad SMARTS) is 1. The molecule has 1 aliphatic heterocycles. The van der Waals surface area contributed by atoms with Crippen molar-refractivity contribution in [3.8, 4) is 28.4 Å². The monoisotopic (exact) mass is 479 g/mol. The van der Waals surface area contributed by atoms with E-state index in [1.54, 1.807) is 14.2 Å². The maximum atomic E-state index is 12.5. The van der Waals surface area contributed by atoms with Crippen LogP contribution in [0.4, 0.5) is 0 Å². The van der Waals surface area contributed by atoms with Crippen LogP contribution in [0.1, 0.15) is 67.3 Å². The molecule has 35 heavy (non-hydrogen) atoms. The average Bonchev–Trinajstić information content (AvgIpc) is 3.65. The lowest BCUT2D eigenvalue weighted by molar-refractivity contribution is -0.149. The summed E-state index contributed by atoms with van der Waals surface area (Å²) in [6, 6.07) is 9.40. The molecular formula is C28H33NO6. The first-order chi connectivity index (χ1) is 17.0. The van der Waals surface area contributed by atoms with Gasteiger partial charge in [0.1, 0.15) is 11.5 Å². The van der Waals surface area contributed by atoms with Crippen molar-refractivity contribution in [2.24, 2.45) is 11.3 Å². The second-order valence-electron chi connectivity index (χ2n) is 9.94. The van der Waals surface area contributed by atoms with Crippen molar-refractivity contribution in [2.75, 3.05) is 14.2 Å². The molecular weight excluding hydrogens is 446 g/mol. The molecule has 186 valence electrons. The second kappa shape index (κ2) is 9.44. The lowest BCUT2D eigenvalue weighted by Gasteiger charge is -2.33. The van der Waals surface area contributed by atoms with Gasteiger partial charge in [0, 0.05) is 17.7 Å². The van der Waals surface area contributed by atoms with Gasteiger partial charge in [-0.2, -0.15) is 0 Å². The number of fused-ring (bicyclic) bond motifs is 1. The van der Waals surface area contributed by atoms with Gasteiger partial charge < -0.3 is 24.6 Å². The molecule has 2 aromatic rings. The third-order valence-electron chi connectivity index (χ3n) is 7.97. The number of carboxylic acids is 1. The lowest BCUT2D eigenvalue weighted by Crippen LogP contribution is -2.41. The van der Waals surface area contributed by atoms with E-state index in [9.17, 15) is 14.7 Å². The minimum absolute atomic E-state index is 0.0936. The normalized spacial score (nSPS) is 19.8. The van der Waals surface area contributed by atoms with E-state index in [1.165, 1.54) is 12.8 Å². The molecule has 2 aromatic carbocycles. The van der Waals surface area contributed by atoms with E-state index in [1.807, 2.05) is 30.3 Å². The summed E-state index contributed by atoms with van der Waals surface area (Å²) in [5.74, 6) is 0.730. The van der Waals surface area contributed by atoms with Crippen molar-refractivity contribution in [3.63, 3.8) is 0 Å². The van der Waals surface area contributed by atoms with Gasteiger partial charge in [-0.3, -0.25) is 9.59 Å². The first kappa shape index (κ1) is 23.5. The topological polar surface area (TPSA) is 94.1 Å². The summed E-state index contributed by atoms with van der Waals surface area (Å²) in [6.07, 6.45) is 7.21. The molecule has 2 N–H and O–H groups in total. The fourth-order valence-electron chi connectivity index (χ4n) is 5.89. The Morgan fingerprint density at radius 2 is 1.69 bits per heavy atom. The van der Waals surface area contributed by atoms with Crippen LogP contribution in [-0.4, -0.2) is 37.3 Å². The number of nitrogens with one attached hydrogen (secondary N) is 1. The van der Waals surface area contributed by atoms with Gasteiger partial charge in [-0.25, -0.2) is 0 Å². The first-order valence-electron chi connectivity index (χ1n) is 12.6. The van der Waals surface area contributed by atoms with Crippen LogP contribution in [0, 0.1) is 11.3 Å². The van der Waals surface area contributed by atoms with Crippen LogP contribution >= 0.6 is 0 Å². The molecule has 7 nitrogen and oxygen atoms in total. The highest BCUT2D eigenvalue weighted by atomic mass is 16.5. The van der Waals surface area contributed by atoms with E-state index in [0.717, 1.165) is 42.4 Å². The summed E-state index contributed by atoms with van der Waals surface area (Å²) < 4.78 is 18.2. The highest BCUT2D eigenvalue weighted by Crippen LogP contribution is 2.56. The Hall–Kier alpha value is -3.22. The quantitative estimate of drug-likeness (QED) is 0.506. The minimum Gasteiger partial charge on any atom is -0.493 e. The molecule has 2 saturated carbocycles. The molecule has 0 spiro atoms. The Kier molecular flexibility index (Phi) is 6.34. The number of carbonyl (C=O) groups is 2. The second-order valence-corrected chi connectivity index (χ2v) is 9.94. The van der Waals surface area contributed by atoms with Gasteiger partial charge in [-0.15, -0.1) is 0 Å². The van der Waals surface area contributed by atoms with Gasteiger partial charge in [0.05, 0.1) is 14.2 Å². The summed E-state index contributed by atoms with van der Waals surface area (Å²) in [4.78, 5) is 24.8. The Morgan fingerprint density at radius 1 is 0.971 bits per heavy atom. The van der Waals surface area contributed by atoms with Crippen molar-refractivity contribution in [2.45, 2.75) is 64.0 Å². The average molecular weight is 480 g/mol. The zero-order valence-electron chi connectivity index (χ0n) is 20.4. The largest absolute Gasteiger partial charge is 0.493 e. The van der Waals surface area contributed by atoms with Crippen LogP contribution in [0.15, 0.2) is 30.3 Å². The summed E-state index contributed by atoms with van der Waals surface area (Å²) >= 11 is 0. The number of benzene rings is 2. The van der Waals surface area contributed by atoms with Gasteiger partial charge in [0.25, 0.3) is 5.91 Å². The summed E-state index contributed by atoms with van der Waals surface area (Å²) in [7, 11) is 3.15. The Labute approximate surface area is 205 Å². The molecule has 0 bridgehead atoms. The maximum Gasteiger partial charge on any atom is 0.313 e. The third kappa shape index (κ3) is 4.11. The fraction of sp³-hybridized carbons (Fsp3) is 0.500. The predicted octanol–water partition coefficient (Wildman–Crippen LogP) is 5.20. The number of amides is 1. The number of ether oxygens (including phenoxy) is 3. The zero-order valence-corrected chi connectivity index (χ0v) is 20.4. The van der Waals surface area contributed by atoms with E-state index in [-0.39, 0.29) is 11.8 Å². The van der Waals surface area contributed by atoms with Crippen molar-refractivity contribution in [1.82, 2.24) is 5.32 Å². The predicted molar refractivity (Wildman–Crippen MR) is 131 cm³/mol. The molecule has 0 aromatic heterocycles. The molecule has 7 heteroatoms. The summed E-state index contributed by atoms with van der Waals surface area (Å²) in [6.45, 7) is 0.434. The van der Waals surface area contributed by atoms with Crippen molar-refractivity contribution < 1.29 is 28.9 Å². The van der Waals surface area contributed by atoms with Gasteiger partial charge in [0.15, 0.2) is 11.5 Å². The number of hydrogen-bond acceptors (Lipinski definition) is 5. The number of rotatable bonds is 8. The van der Waals surface area contributed by atoms with E-state index in [2.05, 4.69) is 5.32 Å². The number of carbonyl (C=O) groups excluding carboxylic acids is 1. The van der Waals surface area contributed by atoms with Crippen LogP contribution in [0.2, 0.25) is 0 Å². The maximum absolute atomic E-state index is 12.5. The van der Waals surface area contributed by atoms with Crippen molar-refractivity contribution >= 4 is 11.9 Å². The SMILES string of the molecule is COc1ccc(-c2cccc3c2CNC3=O)c(OC(C2CCCCCC2)C2(C(=O)O)CC2)c1OC. The Morgan fingerprint density at radius 3 is 2.31 bits per heavy atom. The summed E-state index contributed by atoms with van der Waals surface area (Å²) in [5.41, 5.74) is 2.32. The van der Waals surface area contributed by atoms with Gasteiger partial charge in [-0.1, -0.05) is 37.8 Å². The zero-order chi connectivity index (χ0) is 24.6. The fourth-order valence-corrected chi connectivity index (χ4v) is 5.89. The van der Waals surface area contributed by atoms with Crippen LogP contribution in [0.3, 0.4) is 0 Å². The molecule has 0 saturated heterocycles. The number of aliphatic carboxylic acids is 1. The first-order valence-corrected chi connectivity index (χ1v) is 12.6. The van der Waals surface area contributed by atoms with Crippen LogP contribution in [0.5, 0.6) is 17.2 Å². The Balaban J connectivity index is 1.65. The van der Waals surface area contributed by atoms with Crippen molar-refractivity contribution in [3.05, 3.63) is 41.5 Å². The van der Waals surface area contributed by atoms with Crippen LogP contribution in [0.25, 0.3) is 11.1 Å². The van der Waals surface area contributed by atoms with Crippen LogP contribution < -0.4 is 19.5 Å². The van der Waals surface area contributed by atoms with E-state index < -0.39 is 17.5 Å². The molecule has 2 fully saturated rings. The van der Waals surface area contributed by atoms with Crippen LogP contribution in [-0.2, 0) is 11.3 Å². The third-order valence-corrected chi connectivity index (χ3v) is 7.97. The van der Waals surface area contributed by atoms with Gasteiger partial charge >= 0.3 is 5.97 Å². The smallest absolute Gasteiger partial charge is 0.313 e. The minimum atomic E-state index is -0.878. The highest BCUT2D eigenvalue weighted by molar-refractivity contribution is 6.01. The van der Waals surface area contributed by atoms with Gasteiger partial charge in [-0.05, 0) is 60.9 Å². The molecule has 0 radical (unpaired) electrons. The summed E-state index contributed by atoms with van der Waals surface area (Å²) in [5, 5.41) is 13.1. The number of methoxy groups -OCH3 is 2. The van der Waals surface area contributed by atoms with E-state index >= 15 is 0 Å². The molecule has 1 heterocycles. The molecule has 1 amide bonds. The van der Waals surface area contributed by atoms with E-state index in [0.29, 0.717) is 42.2 Å². The molecule has 2 aliphatic carbocycles. The number of hydrogen-bond donors (Lipinski definition) is 2. The molecule has 1 unspecified atom stereocenters. The Bertz CT molecular complexity index is 1130. The molecule has 3 aliphatic rings. The van der Waals surface area contributed by atoms with Crippen molar-refractivity contribution in [1.29, 1.82) is 0 Å². The lowest BCUT2D eigenvalue weighted by atomic mass is 9.83. The molecule has 1 atom stereocenters. The van der Waals surface area contributed by atoms with E-state index in [4.69, 9.17) is 14.2 Å². The van der Waals surface area contributed by atoms with Gasteiger partial charge in [0.2, 0.25) is 5.75 Å².